The van der Waals surface area contributed by atoms with E-state index < -0.39 is 15.8 Å². The molecule has 2 rings (SSSR count). The summed E-state index contributed by atoms with van der Waals surface area (Å²) in [4.78, 5) is 0. The molecule has 5 nitrogen and oxygen atoms in total. The average molecular weight is 262 g/mol. The molecule has 2 aliphatic rings. The third-order valence-electron chi connectivity index (χ3n) is 3.52. The van der Waals surface area contributed by atoms with Gasteiger partial charge in [-0.2, -0.15) is 17.9 Å². The van der Waals surface area contributed by atoms with Gasteiger partial charge in [-0.3, -0.25) is 0 Å². The van der Waals surface area contributed by atoms with Gasteiger partial charge in [-0.25, -0.2) is 0 Å². The van der Waals surface area contributed by atoms with Gasteiger partial charge in [-0.05, 0) is 25.7 Å². The largest absolute Gasteiger partial charge is 0.389 e. The molecule has 2 saturated carbocycles. The third kappa shape index (κ3) is 4.54. The second kappa shape index (κ2) is 5.22. The molecule has 0 radical (unpaired) electrons. The summed E-state index contributed by atoms with van der Waals surface area (Å²) in [5.41, 5.74) is -0.852. The van der Waals surface area contributed by atoms with E-state index in [1.807, 2.05) is 0 Å². The predicted molar refractivity (Wildman–Crippen MR) is 65.7 cm³/mol. The van der Waals surface area contributed by atoms with Crippen molar-refractivity contribution in [2.24, 2.45) is 0 Å². The fourth-order valence-corrected chi connectivity index (χ4v) is 3.47. The van der Waals surface area contributed by atoms with Gasteiger partial charge in [0.2, 0.25) is 0 Å². The first-order valence-corrected chi connectivity index (χ1v) is 7.97. The van der Waals surface area contributed by atoms with Crippen LogP contribution in [0, 0.1) is 0 Å². The standard InChI is InChI=1S/C11H22N2O3S/c14-11(7-3-1-2-4-8-11)9-12-17(15,16)13-10-5-6-10/h10,12-14H,1-9H2. The monoisotopic (exact) mass is 262 g/mol. The van der Waals surface area contributed by atoms with E-state index in [-0.39, 0.29) is 12.6 Å². The highest BCUT2D eigenvalue weighted by Crippen LogP contribution is 2.26. The Balaban J connectivity index is 1.82. The van der Waals surface area contributed by atoms with E-state index in [0.717, 1.165) is 38.5 Å². The van der Waals surface area contributed by atoms with E-state index in [2.05, 4.69) is 9.44 Å². The molecule has 0 bridgehead atoms. The molecule has 2 fully saturated rings. The minimum atomic E-state index is -3.43. The van der Waals surface area contributed by atoms with Crippen LogP contribution in [0.3, 0.4) is 0 Å². The number of nitrogens with one attached hydrogen (secondary N) is 2. The zero-order valence-electron chi connectivity index (χ0n) is 10.1. The van der Waals surface area contributed by atoms with Gasteiger partial charge in [-0.15, -0.1) is 0 Å². The Kier molecular flexibility index (Phi) is 4.07. The molecule has 0 amide bonds. The van der Waals surface area contributed by atoms with Gasteiger partial charge >= 0.3 is 0 Å². The molecule has 0 heterocycles. The summed E-state index contributed by atoms with van der Waals surface area (Å²) in [7, 11) is -3.43. The topological polar surface area (TPSA) is 78.4 Å². The Morgan fingerprint density at radius 3 is 2.24 bits per heavy atom. The Bertz CT molecular complexity index is 344. The quantitative estimate of drug-likeness (QED) is 0.637. The first-order chi connectivity index (χ1) is 7.99. The summed E-state index contributed by atoms with van der Waals surface area (Å²) in [5.74, 6) is 0. The second-order valence-corrected chi connectivity index (χ2v) is 6.89. The Labute approximate surface area is 103 Å². The van der Waals surface area contributed by atoms with Crippen LogP contribution in [0.25, 0.3) is 0 Å². The lowest BCUT2D eigenvalue weighted by atomic mass is 9.95. The maximum absolute atomic E-state index is 11.6. The highest BCUT2D eigenvalue weighted by atomic mass is 32.2. The molecule has 0 aromatic heterocycles. The summed E-state index contributed by atoms with van der Waals surface area (Å²) < 4.78 is 28.3. The molecule has 3 N–H and O–H groups in total. The highest BCUT2D eigenvalue weighted by molar-refractivity contribution is 7.87. The highest BCUT2D eigenvalue weighted by Gasteiger charge is 2.31. The molecular formula is C11H22N2O3S. The van der Waals surface area contributed by atoms with Crippen molar-refractivity contribution in [2.75, 3.05) is 6.54 Å². The maximum Gasteiger partial charge on any atom is 0.277 e. The van der Waals surface area contributed by atoms with Gasteiger partial charge in [0.05, 0.1) is 5.60 Å². The van der Waals surface area contributed by atoms with E-state index in [4.69, 9.17) is 0 Å². The van der Waals surface area contributed by atoms with Crippen molar-refractivity contribution in [3.63, 3.8) is 0 Å². The van der Waals surface area contributed by atoms with E-state index in [0.29, 0.717) is 12.8 Å². The van der Waals surface area contributed by atoms with Gasteiger partial charge in [-0.1, -0.05) is 25.7 Å². The molecule has 0 atom stereocenters. The minimum absolute atomic E-state index is 0.108. The van der Waals surface area contributed by atoms with Crippen LogP contribution in [0.15, 0.2) is 0 Å². The van der Waals surface area contributed by atoms with Crippen molar-refractivity contribution < 1.29 is 13.5 Å². The summed E-state index contributed by atoms with van der Waals surface area (Å²) in [5, 5.41) is 10.3. The van der Waals surface area contributed by atoms with Crippen molar-refractivity contribution in [1.82, 2.24) is 9.44 Å². The van der Waals surface area contributed by atoms with Crippen molar-refractivity contribution in [1.29, 1.82) is 0 Å². The van der Waals surface area contributed by atoms with Crippen LogP contribution in [0.2, 0.25) is 0 Å². The van der Waals surface area contributed by atoms with E-state index in [9.17, 15) is 13.5 Å². The normalized spacial score (nSPS) is 25.5. The smallest absolute Gasteiger partial charge is 0.277 e. The Morgan fingerprint density at radius 2 is 1.71 bits per heavy atom. The van der Waals surface area contributed by atoms with Gasteiger partial charge in [0.25, 0.3) is 10.2 Å². The first kappa shape index (κ1) is 13.3. The average Bonchev–Trinajstić information content (AvgIpc) is 3.05. The lowest BCUT2D eigenvalue weighted by Gasteiger charge is -2.26. The fourth-order valence-electron chi connectivity index (χ4n) is 2.26. The molecule has 0 spiro atoms. The van der Waals surface area contributed by atoms with Crippen molar-refractivity contribution >= 4 is 10.2 Å². The lowest BCUT2D eigenvalue weighted by Crippen LogP contribution is -2.47. The van der Waals surface area contributed by atoms with Crippen LogP contribution in [0.5, 0.6) is 0 Å². The Morgan fingerprint density at radius 1 is 1.12 bits per heavy atom. The van der Waals surface area contributed by atoms with Gasteiger partial charge in [0.15, 0.2) is 0 Å². The maximum atomic E-state index is 11.6. The van der Waals surface area contributed by atoms with Crippen molar-refractivity contribution in [3.8, 4) is 0 Å². The molecule has 17 heavy (non-hydrogen) atoms. The van der Waals surface area contributed by atoms with E-state index >= 15 is 0 Å². The van der Waals surface area contributed by atoms with Gasteiger partial charge in [0.1, 0.15) is 0 Å². The number of rotatable bonds is 5. The van der Waals surface area contributed by atoms with Crippen LogP contribution in [-0.4, -0.2) is 31.7 Å². The predicted octanol–water partition coefficient (Wildman–Crippen LogP) is 0.658. The fraction of sp³-hybridized carbons (Fsp3) is 1.00. The van der Waals surface area contributed by atoms with Gasteiger partial charge < -0.3 is 5.11 Å². The van der Waals surface area contributed by atoms with Crippen LogP contribution in [-0.2, 0) is 10.2 Å². The van der Waals surface area contributed by atoms with Crippen molar-refractivity contribution in [2.45, 2.75) is 63.0 Å². The van der Waals surface area contributed by atoms with Gasteiger partial charge in [0, 0.05) is 12.6 Å². The third-order valence-corrected chi connectivity index (χ3v) is 4.69. The van der Waals surface area contributed by atoms with Crippen LogP contribution >= 0.6 is 0 Å². The zero-order chi connectivity index (χ0) is 12.4. The van der Waals surface area contributed by atoms with Crippen LogP contribution in [0.4, 0.5) is 0 Å². The minimum Gasteiger partial charge on any atom is -0.389 e. The molecule has 0 aliphatic heterocycles. The van der Waals surface area contributed by atoms with Crippen molar-refractivity contribution in [3.05, 3.63) is 0 Å². The first-order valence-electron chi connectivity index (χ1n) is 6.48. The summed E-state index contributed by atoms with van der Waals surface area (Å²) in [6.07, 6.45) is 7.46. The molecule has 0 unspecified atom stereocenters. The molecule has 6 heteroatoms. The molecule has 0 saturated heterocycles. The SMILES string of the molecule is O=S(=O)(NCC1(O)CCCCCC1)NC1CC1. The summed E-state index contributed by atoms with van der Waals surface area (Å²) in [6, 6.07) is 0.108. The van der Waals surface area contributed by atoms with E-state index in [1.54, 1.807) is 0 Å². The zero-order valence-corrected chi connectivity index (χ0v) is 10.9. The van der Waals surface area contributed by atoms with E-state index in [1.165, 1.54) is 0 Å². The Hall–Kier alpha value is -0.170. The molecule has 0 aromatic rings. The molecule has 100 valence electrons. The second-order valence-electron chi connectivity index (χ2n) is 5.36. The molecule has 2 aliphatic carbocycles. The summed E-state index contributed by atoms with van der Waals surface area (Å²) in [6.45, 7) is 0.134. The van der Waals surface area contributed by atoms with Crippen LogP contribution in [0.1, 0.15) is 51.4 Å². The number of aliphatic hydroxyl groups is 1. The molecule has 0 aromatic carbocycles. The molecular weight excluding hydrogens is 240 g/mol. The lowest BCUT2D eigenvalue weighted by molar-refractivity contribution is 0.0302. The number of hydrogen-bond acceptors (Lipinski definition) is 3. The number of hydrogen-bond donors (Lipinski definition) is 3. The summed E-state index contributed by atoms with van der Waals surface area (Å²) >= 11 is 0. The van der Waals surface area contributed by atoms with Crippen LogP contribution < -0.4 is 9.44 Å².